The Labute approximate surface area is 169 Å². The molecule has 0 spiro atoms. The number of nitrogens with zero attached hydrogens (tertiary/aromatic N) is 2. The summed E-state index contributed by atoms with van der Waals surface area (Å²) < 4.78 is 5.22. The summed E-state index contributed by atoms with van der Waals surface area (Å²) >= 11 is 0. The number of benzene rings is 3. The van der Waals surface area contributed by atoms with Crippen molar-refractivity contribution in [3.8, 4) is 5.75 Å². The van der Waals surface area contributed by atoms with Crippen molar-refractivity contribution in [1.82, 2.24) is 9.97 Å². The first kappa shape index (κ1) is 18.7. The Morgan fingerprint density at radius 3 is 2.41 bits per heavy atom. The molecule has 1 unspecified atom stereocenters. The molecule has 0 fully saturated rings. The lowest BCUT2D eigenvalue weighted by Crippen LogP contribution is -2.03. The van der Waals surface area contributed by atoms with Crippen molar-refractivity contribution < 1.29 is 9.84 Å². The van der Waals surface area contributed by atoms with Crippen LogP contribution in [0.25, 0.3) is 10.9 Å². The fourth-order valence-electron chi connectivity index (χ4n) is 3.04. The Morgan fingerprint density at radius 2 is 1.66 bits per heavy atom. The van der Waals surface area contributed by atoms with Gasteiger partial charge in [-0.2, -0.15) is 4.98 Å². The number of ether oxygens (including phenoxy) is 1. The maximum absolute atomic E-state index is 9.82. The van der Waals surface area contributed by atoms with E-state index in [2.05, 4.69) is 20.6 Å². The van der Waals surface area contributed by atoms with Crippen molar-refractivity contribution in [3.05, 3.63) is 78.4 Å². The number of anilines is 4. The molecule has 1 atom stereocenters. The first-order valence-corrected chi connectivity index (χ1v) is 9.35. The normalized spacial score (nSPS) is 11.8. The van der Waals surface area contributed by atoms with Gasteiger partial charge >= 0.3 is 0 Å². The monoisotopic (exact) mass is 386 g/mol. The summed E-state index contributed by atoms with van der Waals surface area (Å²) in [6, 6.07) is 23.1. The van der Waals surface area contributed by atoms with Gasteiger partial charge in [0.1, 0.15) is 11.6 Å². The molecular formula is C23H22N4O2. The summed E-state index contributed by atoms with van der Waals surface area (Å²) in [5.74, 6) is 1.97. The lowest BCUT2D eigenvalue weighted by Gasteiger charge is -2.13. The van der Waals surface area contributed by atoms with Gasteiger partial charge in [-0.05, 0) is 61.0 Å². The zero-order chi connectivity index (χ0) is 20.2. The van der Waals surface area contributed by atoms with E-state index < -0.39 is 6.10 Å². The molecule has 0 saturated heterocycles. The number of aromatic nitrogens is 2. The molecule has 0 aliphatic rings. The van der Waals surface area contributed by atoms with Gasteiger partial charge in [-0.25, -0.2) is 4.98 Å². The molecule has 0 aliphatic heterocycles. The summed E-state index contributed by atoms with van der Waals surface area (Å²) in [6.45, 7) is 1.74. The van der Waals surface area contributed by atoms with E-state index in [1.54, 1.807) is 14.0 Å². The second-order valence-corrected chi connectivity index (χ2v) is 6.69. The Balaban J connectivity index is 1.69. The number of rotatable bonds is 6. The number of aliphatic hydroxyl groups is 1. The van der Waals surface area contributed by atoms with Gasteiger partial charge in [0.15, 0.2) is 0 Å². The van der Waals surface area contributed by atoms with Gasteiger partial charge in [-0.15, -0.1) is 0 Å². The highest BCUT2D eigenvalue weighted by atomic mass is 16.5. The molecule has 0 amide bonds. The molecule has 3 N–H and O–H groups in total. The van der Waals surface area contributed by atoms with Crippen LogP contribution in [-0.4, -0.2) is 22.2 Å². The minimum absolute atomic E-state index is 0.474. The third-order valence-electron chi connectivity index (χ3n) is 4.58. The van der Waals surface area contributed by atoms with Crippen LogP contribution in [0.5, 0.6) is 5.75 Å². The van der Waals surface area contributed by atoms with E-state index in [9.17, 15) is 5.11 Å². The van der Waals surface area contributed by atoms with Crippen LogP contribution in [-0.2, 0) is 0 Å². The molecule has 0 bridgehead atoms. The second-order valence-electron chi connectivity index (χ2n) is 6.69. The highest BCUT2D eigenvalue weighted by Crippen LogP contribution is 2.27. The predicted octanol–water partition coefficient (Wildman–Crippen LogP) is 5.18. The molecule has 3 aromatic carbocycles. The number of fused-ring (bicyclic) bond motifs is 1. The van der Waals surface area contributed by atoms with E-state index in [1.165, 1.54) is 0 Å². The van der Waals surface area contributed by atoms with Crippen LogP contribution in [0.1, 0.15) is 18.6 Å². The lowest BCUT2D eigenvalue weighted by molar-refractivity contribution is 0.199. The second kappa shape index (κ2) is 8.16. The van der Waals surface area contributed by atoms with Crippen molar-refractivity contribution in [2.24, 2.45) is 0 Å². The smallest absolute Gasteiger partial charge is 0.229 e. The minimum atomic E-state index is -0.540. The van der Waals surface area contributed by atoms with E-state index in [0.29, 0.717) is 11.8 Å². The molecule has 0 aliphatic carbocycles. The van der Waals surface area contributed by atoms with Gasteiger partial charge in [0.25, 0.3) is 0 Å². The maximum atomic E-state index is 9.82. The zero-order valence-corrected chi connectivity index (χ0v) is 16.3. The molecule has 0 saturated carbocycles. The van der Waals surface area contributed by atoms with E-state index in [1.807, 2.05) is 72.8 Å². The Hall–Kier alpha value is -3.64. The van der Waals surface area contributed by atoms with E-state index in [4.69, 9.17) is 4.74 Å². The molecule has 4 rings (SSSR count). The quantitative estimate of drug-likeness (QED) is 0.424. The third kappa shape index (κ3) is 4.28. The van der Waals surface area contributed by atoms with Crippen molar-refractivity contribution in [1.29, 1.82) is 0 Å². The molecule has 146 valence electrons. The van der Waals surface area contributed by atoms with E-state index >= 15 is 0 Å². The molecule has 1 heterocycles. The van der Waals surface area contributed by atoms with Crippen molar-refractivity contribution in [2.45, 2.75) is 13.0 Å². The van der Waals surface area contributed by atoms with Crippen molar-refractivity contribution in [2.75, 3.05) is 17.7 Å². The number of aliphatic hydroxyl groups excluding tert-OH is 1. The van der Waals surface area contributed by atoms with Crippen molar-refractivity contribution in [3.63, 3.8) is 0 Å². The molecule has 6 nitrogen and oxygen atoms in total. The summed E-state index contributed by atoms with van der Waals surface area (Å²) in [7, 11) is 1.64. The molecule has 4 aromatic rings. The summed E-state index contributed by atoms with van der Waals surface area (Å²) in [5.41, 5.74) is 3.37. The van der Waals surface area contributed by atoms with Crippen LogP contribution in [0.2, 0.25) is 0 Å². The molecule has 1 aromatic heterocycles. The Kier molecular flexibility index (Phi) is 5.27. The van der Waals surface area contributed by atoms with Crippen LogP contribution >= 0.6 is 0 Å². The largest absolute Gasteiger partial charge is 0.497 e. The average molecular weight is 386 g/mol. The first-order chi connectivity index (χ1) is 14.1. The fraction of sp³-hybridized carbons (Fsp3) is 0.130. The van der Waals surface area contributed by atoms with Gasteiger partial charge in [0, 0.05) is 16.8 Å². The summed E-state index contributed by atoms with van der Waals surface area (Å²) in [4.78, 5) is 9.31. The number of nitrogens with one attached hydrogen (secondary N) is 2. The first-order valence-electron chi connectivity index (χ1n) is 9.35. The van der Waals surface area contributed by atoms with E-state index in [-0.39, 0.29) is 0 Å². The molecule has 29 heavy (non-hydrogen) atoms. The third-order valence-corrected chi connectivity index (χ3v) is 4.58. The molecule has 6 heteroatoms. The van der Waals surface area contributed by atoms with Crippen LogP contribution in [0, 0.1) is 0 Å². The Morgan fingerprint density at radius 1 is 0.862 bits per heavy atom. The number of hydrogen-bond donors (Lipinski definition) is 3. The van der Waals surface area contributed by atoms with Crippen LogP contribution in [0.4, 0.5) is 23.1 Å². The van der Waals surface area contributed by atoms with E-state index in [0.717, 1.165) is 33.6 Å². The van der Waals surface area contributed by atoms with Crippen LogP contribution in [0.15, 0.2) is 72.8 Å². The highest BCUT2D eigenvalue weighted by molar-refractivity contribution is 5.92. The SMILES string of the molecule is COc1ccc(Nc2nc(Nc3cccc(C(C)O)c3)nc3ccccc23)cc1. The molecular weight excluding hydrogens is 364 g/mol. The molecule has 0 radical (unpaired) electrons. The summed E-state index contributed by atoms with van der Waals surface area (Å²) in [5, 5.41) is 17.4. The summed E-state index contributed by atoms with van der Waals surface area (Å²) in [6.07, 6.45) is -0.540. The predicted molar refractivity (Wildman–Crippen MR) is 116 cm³/mol. The van der Waals surface area contributed by atoms with Crippen molar-refractivity contribution >= 4 is 34.0 Å². The fourth-order valence-corrected chi connectivity index (χ4v) is 3.04. The number of hydrogen-bond acceptors (Lipinski definition) is 6. The van der Waals surface area contributed by atoms with Gasteiger partial charge in [0.05, 0.1) is 18.7 Å². The van der Waals surface area contributed by atoms with Gasteiger partial charge in [0.2, 0.25) is 5.95 Å². The lowest BCUT2D eigenvalue weighted by atomic mass is 10.1. The Bertz CT molecular complexity index is 1130. The maximum Gasteiger partial charge on any atom is 0.229 e. The van der Waals surface area contributed by atoms with Gasteiger partial charge in [-0.1, -0.05) is 24.3 Å². The van der Waals surface area contributed by atoms with Crippen LogP contribution < -0.4 is 15.4 Å². The number of para-hydroxylation sites is 1. The highest BCUT2D eigenvalue weighted by Gasteiger charge is 2.09. The topological polar surface area (TPSA) is 79.3 Å². The zero-order valence-electron chi connectivity index (χ0n) is 16.3. The van der Waals surface area contributed by atoms with Gasteiger partial charge in [-0.3, -0.25) is 0 Å². The average Bonchev–Trinajstić information content (AvgIpc) is 2.74. The standard InChI is InChI=1S/C23H22N4O2/c1-15(28)16-6-5-7-18(14-16)25-23-26-21-9-4-3-8-20(21)22(27-23)24-17-10-12-19(29-2)13-11-17/h3-15,28H,1-2H3,(H2,24,25,26,27). The minimum Gasteiger partial charge on any atom is -0.497 e. The van der Waals surface area contributed by atoms with Crippen LogP contribution in [0.3, 0.4) is 0 Å². The van der Waals surface area contributed by atoms with Gasteiger partial charge < -0.3 is 20.5 Å². The number of methoxy groups -OCH3 is 1.